The van der Waals surface area contributed by atoms with Crippen molar-refractivity contribution < 1.29 is 4.79 Å². The summed E-state index contributed by atoms with van der Waals surface area (Å²) in [5.41, 5.74) is 0.524. The fourth-order valence-electron chi connectivity index (χ4n) is 0.776. The third-order valence-corrected chi connectivity index (χ3v) is 1.43. The first kappa shape index (κ1) is 7.98. The minimum Gasteiger partial charge on any atom is -0.339 e. The predicted octanol–water partition coefficient (Wildman–Crippen LogP) is 1.52. The van der Waals surface area contributed by atoms with Gasteiger partial charge in [0.05, 0.1) is 11.9 Å². The summed E-state index contributed by atoms with van der Waals surface area (Å²) in [5, 5.41) is 0. The van der Waals surface area contributed by atoms with Gasteiger partial charge in [0.2, 0.25) is 0 Å². The molecule has 1 aromatic rings. The van der Waals surface area contributed by atoms with Crippen LogP contribution in [0.1, 0.15) is 37.1 Å². The molecule has 0 aliphatic carbocycles. The summed E-state index contributed by atoms with van der Waals surface area (Å²) in [6, 6.07) is 0. The van der Waals surface area contributed by atoms with Gasteiger partial charge < -0.3 is 4.98 Å². The molecule has 0 saturated carbocycles. The SMILES string of the molecule is CC(C)(C)c1ncc(C=O)[nH]1. The Morgan fingerprint density at radius 3 is 2.45 bits per heavy atom. The lowest BCUT2D eigenvalue weighted by Crippen LogP contribution is -2.13. The number of rotatable bonds is 1. The van der Waals surface area contributed by atoms with Gasteiger partial charge in [-0.3, -0.25) is 4.79 Å². The summed E-state index contributed by atoms with van der Waals surface area (Å²) < 4.78 is 0. The van der Waals surface area contributed by atoms with E-state index in [0.29, 0.717) is 5.69 Å². The Balaban J connectivity index is 2.98. The van der Waals surface area contributed by atoms with Gasteiger partial charge in [0.15, 0.2) is 6.29 Å². The highest BCUT2D eigenvalue weighted by Crippen LogP contribution is 2.17. The number of imidazole rings is 1. The van der Waals surface area contributed by atoms with E-state index in [0.717, 1.165) is 12.1 Å². The van der Waals surface area contributed by atoms with Crippen LogP contribution in [0.25, 0.3) is 0 Å². The molecule has 3 nitrogen and oxygen atoms in total. The summed E-state index contributed by atoms with van der Waals surface area (Å²) >= 11 is 0. The molecule has 0 atom stereocenters. The Labute approximate surface area is 65.8 Å². The fourth-order valence-corrected chi connectivity index (χ4v) is 0.776. The number of aromatic nitrogens is 2. The van der Waals surface area contributed by atoms with E-state index < -0.39 is 0 Å². The fraction of sp³-hybridized carbons (Fsp3) is 0.500. The summed E-state index contributed by atoms with van der Waals surface area (Å²) in [6.07, 6.45) is 2.32. The highest BCUT2D eigenvalue weighted by atomic mass is 16.1. The quantitative estimate of drug-likeness (QED) is 0.620. The molecule has 3 heteroatoms. The van der Waals surface area contributed by atoms with Crippen LogP contribution in [-0.2, 0) is 5.41 Å². The Hall–Kier alpha value is -1.12. The van der Waals surface area contributed by atoms with Crippen LogP contribution >= 0.6 is 0 Å². The van der Waals surface area contributed by atoms with Crippen molar-refractivity contribution in [3.63, 3.8) is 0 Å². The van der Waals surface area contributed by atoms with Crippen LogP contribution in [0, 0.1) is 0 Å². The number of H-pyrrole nitrogens is 1. The van der Waals surface area contributed by atoms with Crippen molar-refractivity contribution in [3.05, 3.63) is 17.7 Å². The molecule has 0 aromatic carbocycles. The van der Waals surface area contributed by atoms with Gasteiger partial charge in [0.1, 0.15) is 5.82 Å². The van der Waals surface area contributed by atoms with Gasteiger partial charge in [-0.1, -0.05) is 20.8 Å². The van der Waals surface area contributed by atoms with Crippen molar-refractivity contribution in [1.29, 1.82) is 0 Å². The molecule has 0 unspecified atom stereocenters. The molecule has 1 heterocycles. The molecule has 1 N–H and O–H groups in total. The van der Waals surface area contributed by atoms with Gasteiger partial charge in [-0.25, -0.2) is 4.98 Å². The van der Waals surface area contributed by atoms with Crippen LogP contribution in [0.2, 0.25) is 0 Å². The maximum atomic E-state index is 10.3. The van der Waals surface area contributed by atoms with Crippen LogP contribution in [0.5, 0.6) is 0 Å². The molecule has 0 aliphatic rings. The molecular formula is C8H12N2O. The highest BCUT2D eigenvalue weighted by molar-refractivity contribution is 5.71. The number of carbonyl (C=O) groups excluding carboxylic acids is 1. The molecule has 0 fully saturated rings. The largest absolute Gasteiger partial charge is 0.339 e. The Bertz CT molecular complexity index is 257. The second-order valence-corrected chi connectivity index (χ2v) is 3.55. The number of aldehydes is 1. The average molecular weight is 152 g/mol. The Kier molecular flexibility index (Phi) is 1.81. The van der Waals surface area contributed by atoms with Gasteiger partial charge in [0, 0.05) is 5.41 Å². The standard InChI is InChI=1S/C8H12N2O/c1-8(2,3)7-9-4-6(5-11)10-7/h4-5H,1-3H3,(H,9,10). The normalized spacial score (nSPS) is 11.5. The zero-order valence-electron chi connectivity index (χ0n) is 7.01. The minimum absolute atomic E-state index is 0.0126. The first-order valence-electron chi connectivity index (χ1n) is 3.54. The van der Waals surface area contributed by atoms with E-state index in [-0.39, 0.29) is 5.41 Å². The molecule has 60 valence electrons. The second kappa shape index (κ2) is 2.49. The van der Waals surface area contributed by atoms with Gasteiger partial charge in [0.25, 0.3) is 0 Å². The first-order chi connectivity index (χ1) is 5.04. The van der Waals surface area contributed by atoms with Crippen LogP contribution in [0.3, 0.4) is 0 Å². The van der Waals surface area contributed by atoms with E-state index in [1.54, 1.807) is 6.20 Å². The molecule has 0 spiro atoms. The van der Waals surface area contributed by atoms with E-state index in [1.165, 1.54) is 0 Å². The monoisotopic (exact) mass is 152 g/mol. The van der Waals surface area contributed by atoms with Crippen molar-refractivity contribution in [3.8, 4) is 0 Å². The second-order valence-electron chi connectivity index (χ2n) is 3.55. The van der Waals surface area contributed by atoms with Crippen molar-refractivity contribution >= 4 is 6.29 Å². The molecule has 11 heavy (non-hydrogen) atoms. The van der Waals surface area contributed by atoms with Crippen LogP contribution in [0.4, 0.5) is 0 Å². The zero-order valence-corrected chi connectivity index (χ0v) is 7.01. The minimum atomic E-state index is -0.0126. The number of hydrogen-bond acceptors (Lipinski definition) is 2. The number of aromatic amines is 1. The molecule has 0 radical (unpaired) electrons. The van der Waals surface area contributed by atoms with Gasteiger partial charge in [-0.2, -0.15) is 0 Å². The first-order valence-corrected chi connectivity index (χ1v) is 3.54. The Morgan fingerprint density at radius 2 is 2.18 bits per heavy atom. The lowest BCUT2D eigenvalue weighted by atomic mass is 9.96. The third kappa shape index (κ3) is 1.67. The van der Waals surface area contributed by atoms with Crippen LogP contribution in [0.15, 0.2) is 6.20 Å². The lowest BCUT2D eigenvalue weighted by molar-refractivity contribution is 0.111. The maximum absolute atomic E-state index is 10.3. The number of hydrogen-bond donors (Lipinski definition) is 1. The maximum Gasteiger partial charge on any atom is 0.167 e. The smallest absolute Gasteiger partial charge is 0.167 e. The number of nitrogens with one attached hydrogen (secondary N) is 1. The number of nitrogens with zero attached hydrogens (tertiary/aromatic N) is 1. The summed E-state index contributed by atoms with van der Waals surface area (Å²) in [5.74, 6) is 0.847. The molecule has 0 aliphatic heterocycles. The van der Waals surface area contributed by atoms with Gasteiger partial charge in [-0.05, 0) is 0 Å². The van der Waals surface area contributed by atoms with Crippen molar-refractivity contribution in [2.24, 2.45) is 0 Å². The van der Waals surface area contributed by atoms with E-state index in [9.17, 15) is 4.79 Å². The van der Waals surface area contributed by atoms with E-state index >= 15 is 0 Å². The van der Waals surface area contributed by atoms with Crippen molar-refractivity contribution in [2.45, 2.75) is 26.2 Å². The zero-order chi connectivity index (χ0) is 8.48. The molecule has 1 rings (SSSR count). The topological polar surface area (TPSA) is 45.8 Å². The summed E-state index contributed by atoms with van der Waals surface area (Å²) in [4.78, 5) is 17.3. The highest BCUT2D eigenvalue weighted by Gasteiger charge is 2.16. The van der Waals surface area contributed by atoms with E-state index in [4.69, 9.17) is 0 Å². The average Bonchev–Trinajstić information content (AvgIpc) is 2.32. The molecule has 0 amide bonds. The third-order valence-electron chi connectivity index (χ3n) is 1.43. The van der Waals surface area contributed by atoms with Crippen molar-refractivity contribution in [2.75, 3.05) is 0 Å². The van der Waals surface area contributed by atoms with Gasteiger partial charge >= 0.3 is 0 Å². The summed E-state index contributed by atoms with van der Waals surface area (Å²) in [7, 11) is 0. The van der Waals surface area contributed by atoms with E-state index in [2.05, 4.69) is 9.97 Å². The van der Waals surface area contributed by atoms with Crippen LogP contribution in [-0.4, -0.2) is 16.3 Å². The molecule has 0 bridgehead atoms. The summed E-state index contributed by atoms with van der Waals surface area (Å²) in [6.45, 7) is 6.13. The van der Waals surface area contributed by atoms with Crippen molar-refractivity contribution in [1.82, 2.24) is 9.97 Å². The van der Waals surface area contributed by atoms with Crippen LogP contribution < -0.4 is 0 Å². The lowest BCUT2D eigenvalue weighted by Gasteiger charge is -2.13. The Morgan fingerprint density at radius 1 is 1.55 bits per heavy atom. The number of carbonyl (C=O) groups is 1. The molecule has 0 saturated heterocycles. The van der Waals surface area contributed by atoms with Gasteiger partial charge in [-0.15, -0.1) is 0 Å². The predicted molar refractivity (Wildman–Crippen MR) is 42.7 cm³/mol. The molecular weight excluding hydrogens is 140 g/mol. The van der Waals surface area contributed by atoms with E-state index in [1.807, 2.05) is 20.8 Å². The molecule has 1 aromatic heterocycles.